The summed E-state index contributed by atoms with van der Waals surface area (Å²) in [6.07, 6.45) is 2.60. The molecule has 0 aliphatic carbocycles. The highest BCUT2D eigenvalue weighted by Gasteiger charge is 2.00. The number of thiocarbonyl (C=S) groups is 1. The van der Waals surface area contributed by atoms with Crippen molar-refractivity contribution in [3.63, 3.8) is 0 Å². The third-order valence-electron chi connectivity index (χ3n) is 1.90. The molecule has 0 amide bonds. The second kappa shape index (κ2) is 8.24. The standard InChI is InChI=1S/C11H14BrNOS3/c1-17(14)8-2-7-13-11(15)16-10-5-3-9(12)4-6-10/h3-6H,2,7-8H2,1H3,(H,13,15). The van der Waals surface area contributed by atoms with Crippen LogP contribution >= 0.6 is 39.9 Å². The summed E-state index contributed by atoms with van der Waals surface area (Å²) in [7, 11) is -0.716. The number of nitrogens with one attached hydrogen (secondary N) is 1. The van der Waals surface area contributed by atoms with Gasteiger partial charge in [-0.15, -0.1) is 0 Å². The van der Waals surface area contributed by atoms with Crippen LogP contribution in [0.3, 0.4) is 0 Å². The summed E-state index contributed by atoms with van der Waals surface area (Å²) >= 11 is 10.1. The normalized spacial score (nSPS) is 12.1. The Morgan fingerprint density at radius 3 is 2.71 bits per heavy atom. The van der Waals surface area contributed by atoms with E-state index in [4.69, 9.17) is 12.2 Å². The van der Waals surface area contributed by atoms with Crippen molar-refractivity contribution in [3.05, 3.63) is 28.7 Å². The Morgan fingerprint density at radius 1 is 1.47 bits per heavy atom. The fraction of sp³-hybridized carbons (Fsp3) is 0.364. The molecular weight excluding hydrogens is 338 g/mol. The van der Waals surface area contributed by atoms with Gasteiger partial charge in [0.15, 0.2) is 0 Å². The lowest BCUT2D eigenvalue weighted by Gasteiger charge is -2.06. The smallest absolute Gasteiger partial charge is 0.138 e. The molecule has 0 aliphatic heterocycles. The molecule has 0 aromatic heterocycles. The van der Waals surface area contributed by atoms with Crippen molar-refractivity contribution in [2.45, 2.75) is 11.3 Å². The quantitative estimate of drug-likeness (QED) is 0.501. The molecule has 1 atom stereocenters. The zero-order chi connectivity index (χ0) is 12.7. The first-order valence-corrected chi connectivity index (χ1v) is 8.83. The van der Waals surface area contributed by atoms with Crippen molar-refractivity contribution in [3.8, 4) is 0 Å². The first kappa shape index (κ1) is 15.1. The molecule has 1 aromatic carbocycles. The SMILES string of the molecule is CS(=O)CCCNC(=S)Sc1ccc(Br)cc1. The van der Waals surface area contributed by atoms with Crippen LogP contribution < -0.4 is 5.32 Å². The van der Waals surface area contributed by atoms with Gasteiger partial charge in [0.1, 0.15) is 4.32 Å². The van der Waals surface area contributed by atoms with Crippen molar-refractivity contribution >= 4 is 55.0 Å². The average molecular weight is 352 g/mol. The van der Waals surface area contributed by atoms with Gasteiger partial charge in [0, 0.05) is 38.7 Å². The topological polar surface area (TPSA) is 29.1 Å². The Hall–Kier alpha value is 0.0900. The maximum Gasteiger partial charge on any atom is 0.138 e. The highest BCUT2D eigenvalue weighted by Crippen LogP contribution is 2.21. The van der Waals surface area contributed by atoms with Crippen LogP contribution in [-0.2, 0) is 10.8 Å². The van der Waals surface area contributed by atoms with E-state index in [-0.39, 0.29) is 0 Å². The van der Waals surface area contributed by atoms with E-state index in [9.17, 15) is 4.21 Å². The fourth-order valence-corrected chi connectivity index (χ4v) is 2.98. The second-order valence-electron chi connectivity index (χ2n) is 3.40. The van der Waals surface area contributed by atoms with Crippen LogP contribution in [0.2, 0.25) is 0 Å². The number of benzene rings is 1. The second-order valence-corrected chi connectivity index (χ2v) is 7.62. The summed E-state index contributed by atoms with van der Waals surface area (Å²) in [4.78, 5) is 1.12. The molecule has 1 N–H and O–H groups in total. The van der Waals surface area contributed by atoms with Gasteiger partial charge in [0.2, 0.25) is 0 Å². The number of halogens is 1. The molecule has 94 valence electrons. The van der Waals surface area contributed by atoms with E-state index in [0.29, 0.717) is 0 Å². The molecule has 0 aliphatic rings. The first-order valence-electron chi connectivity index (χ1n) is 5.09. The molecular formula is C11H14BrNOS3. The van der Waals surface area contributed by atoms with Gasteiger partial charge < -0.3 is 5.32 Å². The average Bonchev–Trinajstić information content (AvgIpc) is 2.27. The minimum atomic E-state index is -0.716. The Kier molecular flexibility index (Phi) is 7.34. The van der Waals surface area contributed by atoms with Gasteiger partial charge in [-0.3, -0.25) is 4.21 Å². The number of hydrogen-bond donors (Lipinski definition) is 1. The molecule has 1 aromatic rings. The van der Waals surface area contributed by atoms with E-state index in [0.717, 1.165) is 32.4 Å². The van der Waals surface area contributed by atoms with Gasteiger partial charge >= 0.3 is 0 Å². The van der Waals surface area contributed by atoms with Crippen molar-refractivity contribution < 1.29 is 4.21 Å². The predicted octanol–water partition coefficient (Wildman–Crippen LogP) is 3.18. The van der Waals surface area contributed by atoms with Gasteiger partial charge in [-0.2, -0.15) is 0 Å². The van der Waals surface area contributed by atoms with Crippen molar-refractivity contribution in [2.75, 3.05) is 18.6 Å². The van der Waals surface area contributed by atoms with E-state index in [1.54, 1.807) is 6.26 Å². The van der Waals surface area contributed by atoms with Gasteiger partial charge in [0.25, 0.3) is 0 Å². The van der Waals surface area contributed by atoms with E-state index < -0.39 is 10.8 Å². The summed E-state index contributed by atoms with van der Waals surface area (Å²) in [5.41, 5.74) is 0. The van der Waals surface area contributed by atoms with Crippen LogP contribution in [0.15, 0.2) is 33.6 Å². The molecule has 17 heavy (non-hydrogen) atoms. The predicted molar refractivity (Wildman–Crippen MR) is 84.2 cm³/mol. The summed E-state index contributed by atoms with van der Waals surface area (Å²) in [6.45, 7) is 0.780. The van der Waals surface area contributed by atoms with Crippen molar-refractivity contribution in [1.29, 1.82) is 0 Å². The lowest BCUT2D eigenvalue weighted by molar-refractivity contribution is 0.683. The molecule has 0 saturated heterocycles. The number of rotatable bonds is 5. The number of hydrogen-bond acceptors (Lipinski definition) is 3. The summed E-state index contributed by atoms with van der Waals surface area (Å²) in [5.74, 6) is 0.721. The largest absolute Gasteiger partial charge is 0.371 e. The molecule has 1 unspecified atom stereocenters. The van der Waals surface area contributed by atoms with E-state index in [2.05, 4.69) is 21.2 Å². The third kappa shape index (κ3) is 7.18. The van der Waals surface area contributed by atoms with Gasteiger partial charge in [-0.05, 0) is 30.7 Å². The monoisotopic (exact) mass is 351 g/mol. The fourth-order valence-electron chi connectivity index (χ4n) is 1.11. The van der Waals surface area contributed by atoms with Crippen molar-refractivity contribution in [1.82, 2.24) is 5.32 Å². The lowest BCUT2D eigenvalue weighted by atomic mass is 10.4. The Bertz CT molecular complexity index is 394. The zero-order valence-corrected chi connectivity index (χ0v) is 13.5. The van der Waals surface area contributed by atoms with Gasteiger partial charge in [0.05, 0.1) is 0 Å². The highest BCUT2D eigenvalue weighted by molar-refractivity contribution is 9.10. The molecule has 2 nitrogen and oxygen atoms in total. The molecule has 0 saturated carbocycles. The number of thioether (sulfide) groups is 1. The lowest BCUT2D eigenvalue weighted by Crippen LogP contribution is -2.20. The highest BCUT2D eigenvalue weighted by atomic mass is 79.9. The van der Waals surface area contributed by atoms with Gasteiger partial charge in [-0.25, -0.2) is 0 Å². The van der Waals surface area contributed by atoms with Crippen LogP contribution in [0.5, 0.6) is 0 Å². The molecule has 0 bridgehead atoms. The van der Waals surface area contributed by atoms with Crippen molar-refractivity contribution in [2.24, 2.45) is 0 Å². The summed E-state index contributed by atoms with van der Waals surface area (Å²) in [5, 5.41) is 3.15. The maximum absolute atomic E-state index is 10.9. The minimum absolute atomic E-state index is 0.716. The Labute approximate surface area is 123 Å². The molecule has 0 fully saturated rings. The third-order valence-corrected chi connectivity index (χ3v) is 4.53. The van der Waals surface area contributed by atoms with Crippen LogP contribution in [0.25, 0.3) is 0 Å². The summed E-state index contributed by atoms with van der Waals surface area (Å²) < 4.78 is 12.7. The Morgan fingerprint density at radius 2 is 2.12 bits per heavy atom. The molecule has 0 heterocycles. The first-order chi connectivity index (χ1) is 8.08. The molecule has 6 heteroatoms. The molecule has 1 rings (SSSR count). The van der Waals surface area contributed by atoms with Crippen LogP contribution in [0, 0.1) is 0 Å². The van der Waals surface area contributed by atoms with E-state index >= 15 is 0 Å². The zero-order valence-electron chi connectivity index (χ0n) is 9.44. The maximum atomic E-state index is 10.9. The van der Waals surface area contributed by atoms with E-state index in [1.165, 1.54) is 11.8 Å². The molecule has 0 spiro atoms. The summed E-state index contributed by atoms with van der Waals surface area (Å²) in [6, 6.07) is 8.02. The van der Waals surface area contributed by atoms with Gasteiger partial charge in [-0.1, -0.05) is 39.9 Å². The molecule has 0 radical (unpaired) electrons. The van der Waals surface area contributed by atoms with Crippen LogP contribution in [0.4, 0.5) is 0 Å². The van der Waals surface area contributed by atoms with Crippen LogP contribution in [-0.4, -0.2) is 27.1 Å². The van der Waals surface area contributed by atoms with E-state index in [1.807, 2.05) is 24.3 Å². The Balaban J connectivity index is 2.25. The van der Waals surface area contributed by atoms with Crippen LogP contribution in [0.1, 0.15) is 6.42 Å². The minimum Gasteiger partial charge on any atom is -0.371 e.